The van der Waals surface area contributed by atoms with Crippen LogP contribution in [-0.4, -0.2) is 38.5 Å². The van der Waals surface area contributed by atoms with Gasteiger partial charge in [0.05, 0.1) is 11.0 Å². The molecule has 1 unspecified atom stereocenters. The Labute approximate surface area is 114 Å². The molecular formula is C13H20N2O3S. The van der Waals surface area contributed by atoms with Crippen LogP contribution in [0.15, 0.2) is 29.2 Å². The summed E-state index contributed by atoms with van der Waals surface area (Å²) in [4.78, 5) is 0.310. The molecule has 5 nitrogen and oxygen atoms in total. The predicted octanol–water partition coefficient (Wildman–Crippen LogP) is 0.945. The quantitative estimate of drug-likeness (QED) is 0.896. The van der Waals surface area contributed by atoms with Gasteiger partial charge in [0.15, 0.2) is 0 Å². The van der Waals surface area contributed by atoms with Crippen LogP contribution in [0, 0.1) is 0 Å². The van der Waals surface area contributed by atoms with E-state index >= 15 is 0 Å². The SMILES string of the molecule is CC1CN(S(=O)(=O)c2cccc(CN)c2)CCCO1. The van der Waals surface area contributed by atoms with Crippen molar-refractivity contribution in [2.24, 2.45) is 5.73 Å². The molecule has 6 heteroatoms. The van der Waals surface area contributed by atoms with E-state index in [1.54, 1.807) is 18.2 Å². The second kappa shape index (κ2) is 6.00. The number of nitrogens with two attached hydrogens (primary N) is 1. The molecule has 1 aliphatic rings. The lowest BCUT2D eigenvalue weighted by Gasteiger charge is -2.21. The standard InChI is InChI=1S/C13H20N2O3S/c1-11-10-15(6-3-7-18-11)19(16,17)13-5-2-4-12(8-13)9-14/h2,4-5,8,11H,3,6-7,9-10,14H2,1H3. The molecule has 0 aliphatic carbocycles. The highest BCUT2D eigenvalue weighted by atomic mass is 32.2. The van der Waals surface area contributed by atoms with Crippen molar-refractivity contribution in [3.8, 4) is 0 Å². The third-order valence-electron chi connectivity index (χ3n) is 3.19. The molecule has 1 fully saturated rings. The number of ether oxygens (including phenoxy) is 1. The Kier molecular flexibility index (Phi) is 4.57. The number of sulfonamides is 1. The number of hydrogen-bond donors (Lipinski definition) is 1. The molecule has 1 aromatic rings. The first-order valence-corrected chi connectivity index (χ1v) is 7.89. The highest BCUT2D eigenvalue weighted by Gasteiger charge is 2.27. The Hall–Kier alpha value is -0.950. The minimum Gasteiger partial charge on any atom is -0.377 e. The van der Waals surface area contributed by atoms with E-state index in [4.69, 9.17) is 10.5 Å². The normalized spacial score (nSPS) is 22.1. The van der Waals surface area contributed by atoms with Gasteiger partial charge in [0.25, 0.3) is 0 Å². The van der Waals surface area contributed by atoms with Gasteiger partial charge in [-0.3, -0.25) is 0 Å². The molecule has 1 saturated heterocycles. The first kappa shape index (κ1) is 14.5. The van der Waals surface area contributed by atoms with Crippen LogP contribution in [0.25, 0.3) is 0 Å². The van der Waals surface area contributed by atoms with Gasteiger partial charge in [-0.15, -0.1) is 0 Å². The average molecular weight is 284 g/mol. The van der Waals surface area contributed by atoms with Crippen molar-refractivity contribution in [3.63, 3.8) is 0 Å². The molecule has 2 N–H and O–H groups in total. The highest BCUT2D eigenvalue weighted by molar-refractivity contribution is 7.89. The highest BCUT2D eigenvalue weighted by Crippen LogP contribution is 2.19. The van der Waals surface area contributed by atoms with Crippen LogP contribution in [0.3, 0.4) is 0 Å². The fourth-order valence-electron chi connectivity index (χ4n) is 2.16. The Morgan fingerprint density at radius 1 is 1.47 bits per heavy atom. The van der Waals surface area contributed by atoms with Crippen molar-refractivity contribution >= 4 is 10.0 Å². The second-order valence-corrected chi connectivity index (χ2v) is 6.69. The molecule has 1 aliphatic heterocycles. The van der Waals surface area contributed by atoms with E-state index in [0.29, 0.717) is 31.1 Å². The minimum absolute atomic E-state index is 0.0741. The van der Waals surface area contributed by atoms with E-state index in [0.717, 1.165) is 12.0 Å². The maximum absolute atomic E-state index is 12.6. The van der Waals surface area contributed by atoms with Gasteiger partial charge in [0.1, 0.15) is 0 Å². The number of hydrogen-bond acceptors (Lipinski definition) is 4. The van der Waals surface area contributed by atoms with Gasteiger partial charge in [0.2, 0.25) is 10.0 Å². The van der Waals surface area contributed by atoms with Crippen LogP contribution >= 0.6 is 0 Å². The molecule has 0 radical (unpaired) electrons. The van der Waals surface area contributed by atoms with E-state index < -0.39 is 10.0 Å². The molecule has 1 atom stereocenters. The summed E-state index contributed by atoms with van der Waals surface area (Å²) < 4.78 is 32.1. The molecular weight excluding hydrogens is 264 g/mol. The monoisotopic (exact) mass is 284 g/mol. The van der Waals surface area contributed by atoms with Crippen molar-refractivity contribution in [3.05, 3.63) is 29.8 Å². The molecule has 0 aromatic heterocycles. The molecule has 19 heavy (non-hydrogen) atoms. The lowest BCUT2D eigenvalue weighted by Crippen LogP contribution is -2.36. The summed E-state index contributed by atoms with van der Waals surface area (Å²) in [6.07, 6.45) is 0.648. The third kappa shape index (κ3) is 3.33. The van der Waals surface area contributed by atoms with Crippen molar-refractivity contribution in [2.75, 3.05) is 19.7 Å². The zero-order valence-corrected chi connectivity index (χ0v) is 11.9. The fourth-order valence-corrected chi connectivity index (χ4v) is 3.78. The van der Waals surface area contributed by atoms with Crippen molar-refractivity contribution in [1.29, 1.82) is 0 Å². The van der Waals surface area contributed by atoms with Gasteiger partial charge in [-0.1, -0.05) is 12.1 Å². The summed E-state index contributed by atoms with van der Waals surface area (Å²) in [6, 6.07) is 6.82. The lowest BCUT2D eigenvalue weighted by molar-refractivity contribution is 0.0752. The van der Waals surface area contributed by atoms with E-state index in [9.17, 15) is 8.42 Å². The molecule has 0 amide bonds. The smallest absolute Gasteiger partial charge is 0.243 e. The summed E-state index contributed by atoms with van der Waals surface area (Å²) in [6.45, 7) is 3.73. The first-order chi connectivity index (χ1) is 9.04. The van der Waals surface area contributed by atoms with E-state index in [1.807, 2.05) is 13.0 Å². The van der Waals surface area contributed by atoms with E-state index in [1.165, 1.54) is 4.31 Å². The van der Waals surface area contributed by atoms with Crippen LogP contribution in [-0.2, 0) is 21.3 Å². The maximum Gasteiger partial charge on any atom is 0.243 e. The van der Waals surface area contributed by atoms with Crippen molar-refractivity contribution < 1.29 is 13.2 Å². The van der Waals surface area contributed by atoms with Crippen LogP contribution in [0.2, 0.25) is 0 Å². The largest absolute Gasteiger partial charge is 0.377 e. The van der Waals surface area contributed by atoms with Gasteiger partial charge < -0.3 is 10.5 Å². The van der Waals surface area contributed by atoms with Crippen LogP contribution in [0.5, 0.6) is 0 Å². The van der Waals surface area contributed by atoms with E-state index in [2.05, 4.69) is 0 Å². The van der Waals surface area contributed by atoms with Crippen LogP contribution in [0.1, 0.15) is 18.9 Å². The Bertz CT molecular complexity index is 530. The van der Waals surface area contributed by atoms with Crippen LogP contribution < -0.4 is 5.73 Å². The van der Waals surface area contributed by atoms with Gasteiger partial charge in [-0.25, -0.2) is 8.42 Å². The number of nitrogens with zero attached hydrogens (tertiary/aromatic N) is 1. The second-order valence-electron chi connectivity index (χ2n) is 4.75. The maximum atomic E-state index is 12.6. The Balaban J connectivity index is 2.29. The molecule has 106 valence electrons. The first-order valence-electron chi connectivity index (χ1n) is 6.45. The summed E-state index contributed by atoms with van der Waals surface area (Å²) in [5.74, 6) is 0. The van der Waals surface area contributed by atoms with Gasteiger partial charge in [-0.05, 0) is 31.0 Å². The summed E-state index contributed by atoms with van der Waals surface area (Å²) in [5.41, 5.74) is 6.38. The third-order valence-corrected chi connectivity index (χ3v) is 5.05. The summed E-state index contributed by atoms with van der Waals surface area (Å²) >= 11 is 0. The minimum atomic E-state index is -3.45. The zero-order chi connectivity index (χ0) is 13.9. The molecule has 1 aromatic carbocycles. The van der Waals surface area contributed by atoms with Crippen molar-refractivity contribution in [2.45, 2.75) is 30.9 Å². The molecule has 1 heterocycles. The number of benzene rings is 1. The number of rotatable bonds is 3. The molecule has 0 bridgehead atoms. The molecule has 2 rings (SSSR count). The van der Waals surface area contributed by atoms with Gasteiger partial charge in [0, 0.05) is 26.2 Å². The lowest BCUT2D eigenvalue weighted by atomic mass is 10.2. The predicted molar refractivity (Wildman–Crippen MR) is 73.1 cm³/mol. The van der Waals surface area contributed by atoms with Crippen molar-refractivity contribution in [1.82, 2.24) is 4.31 Å². The van der Waals surface area contributed by atoms with E-state index in [-0.39, 0.29) is 6.10 Å². The Morgan fingerprint density at radius 3 is 3.00 bits per heavy atom. The van der Waals surface area contributed by atoms with Gasteiger partial charge in [-0.2, -0.15) is 4.31 Å². The fraction of sp³-hybridized carbons (Fsp3) is 0.538. The molecule has 0 spiro atoms. The van der Waals surface area contributed by atoms with Gasteiger partial charge >= 0.3 is 0 Å². The molecule has 0 saturated carbocycles. The summed E-state index contributed by atoms with van der Waals surface area (Å²) in [7, 11) is -3.45. The topological polar surface area (TPSA) is 72.6 Å². The van der Waals surface area contributed by atoms with Crippen LogP contribution in [0.4, 0.5) is 0 Å². The summed E-state index contributed by atoms with van der Waals surface area (Å²) in [5, 5.41) is 0. The zero-order valence-electron chi connectivity index (χ0n) is 11.1. The Morgan fingerprint density at radius 2 is 2.26 bits per heavy atom. The average Bonchev–Trinajstić information content (AvgIpc) is 2.64.